The first-order chi connectivity index (χ1) is 1.00. The minimum atomic E-state index is 0. The Balaban J connectivity index is -0.00000000500. The predicted molar refractivity (Wildman–Crippen MR) is 18.3 cm³/mol. The van der Waals surface area contributed by atoms with E-state index in [9.17, 15) is 0 Å². The van der Waals surface area contributed by atoms with Crippen LogP contribution in [-0.4, -0.2) is 27.5 Å². The Labute approximate surface area is 38.8 Å². The van der Waals surface area contributed by atoms with Gasteiger partial charge in [0.15, 0.2) is 0 Å². The topological polar surface area (TPSA) is 47.6 Å². The standard InChI is InChI=1S/Al.N.H2OSi/c;;1-2/h;;2H2/q+3;-3;. The van der Waals surface area contributed by atoms with E-state index >= 15 is 0 Å². The molecule has 0 aromatic heterocycles. The molecule has 0 saturated heterocycles. The first-order valence-corrected chi connectivity index (χ1v) is 0.866. The fourth-order valence-electron chi connectivity index (χ4n) is 0. The minimum absolute atomic E-state index is 0. The zero-order chi connectivity index (χ0) is 2.00. The van der Waals surface area contributed by atoms with Gasteiger partial charge in [-0.1, -0.05) is 0 Å². The maximum Gasteiger partial charge on any atom is 3.00 e. The molecule has 0 rings (SSSR count). The van der Waals surface area contributed by atoms with E-state index in [4.69, 9.17) is 4.46 Å². The van der Waals surface area contributed by atoms with Crippen LogP contribution in [0.5, 0.6) is 0 Å². The van der Waals surface area contributed by atoms with Crippen LogP contribution >= 0.6 is 0 Å². The van der Waals surface area contributed by atoms with Crippen LogP contribution in [0.25, 0.3) is 6.15 Å². The van der Waals surface area contributed by atoms with E-state index in [1.807, 2.05) is 0 Å². The number of hydrogen-bond acceptors (Lipinski definition) is 1. The molecule has 0 radical (unpaired) electrons. The molecule has 2 nitrogen and oxygen atoms in total. The van der Waals surface area contributed by atoms with Gasteiger partial charge in [-0.15, -0.1) is 0 Å². The van der Waals surface area contributed by atoms with Crippen molar-refractivity contribution in [1.82, 2.24) is 0 Å². The number of hydrogen-bond donors (Lipinski definition) is 0. The Morgan fingerprint density at radius 2 is 1.25 bits per heavy atom. The summed E-state index contributed by atoms with van der Waals surface area (Å²) in [4.78, 5) is 0. The zero-order valence-electron chi connectivity index (χ0n) is 2.14. The third-order valence-electron chi connectivity index (χ3n) is 0. The monoisotopic (exact) mass is 87.0 g/mol. The second kappa shape index (κ2) is 85.2. The molecule has 0 heterocycles. The van der Waals surface area contributed by atoms with E-state index in [0.29, 0.717) is 10.1 Å². The molecule has 0 saturated carbocycles. The van der Waals surface area contributed by atoms with Crippen molar-refractivity contribution < 1.29 is 4.46 Å². The molecular formula is H2AlNOSi. The van der Waals surface area contributed by atoms with E-state index in [2.05, 4.69) is 0 Å². The fraction of sp³-hybridized carbons (Fsp3) is 0. The molecule has 0 amide bonds. The van der Waals surface area contributed by atoms with Crippen molar-refractivity contribution in [2.24, 2.45) is 0 Å². The van der Waals surface area contributed by atoms with Gasteiger partial charge in [0.05, 0.1) is 0 Å². The Morgan fingerprint density at radius 3 is 1.25 bits per heavy atom. The van der Waals surface area contributed by atoms with Crippen molar-refractivity contribution in [2.75, 3.05) is 0 Å². The molecule has 0 fully saturated rings. The summed E-state index contributed by atoms with van der Waals surface area (Å²) in [5.41, 5.74) is 0. The molecule has 0 unspecified atom stereocenters. The van der Waals surface area contributed by atoms with Gasteiger partial charge in [-0.25, -0.2) is 0 Å². The fourth-order valence-corrected chi connectivity index (χ4v) is 0. The molecule has 4 heteroatoms. The second-order valence-corrected chi connectivity index (χ2v) is 0. The summed E-state index contributed by atoms with van der Waals surface area (Å²) in [5, 5.41) is 0. The maximum absolute atomic E-state index is 8.28. The Kier molecular flexibility index (Phi) is 519. The Bertz CT molecular complexity index is 8.00. The van der Waals surface area contributed by atoms with Crippen molar-refractivity contribution in [3.05, 3.63) is 6.15 Å². The average Bonchev–Trinajstić information content (AvgIpc) is 1.00. The molecule has 0 aliphatic heterocycles. The molecule has 20 valence electrons. The van der Waals surface area contributed by atoms with Gasteiger partial charge in [-0.2, -0.15) is 0 Å². The van der Waals surface area contributed by atoms with Crippen molar-refractivity contribution in [2.45, 2.75) is 0 Å². The van der Waals surface area contributed by atoms with Crippen LogP contribution in [-0.2, 0) is 4.46 Å². The van der Waals surface area contributed by atoms with Crippen molar-refractivity contribution in [3.8, 4) is 0 Å². The molecule has 0 bridgehead atoms. The van der Waals surface area contributed by atoms with Gasteiger partial charge in [0.25, 0.3) is 0 Å². The van der Waals surface area contributed by atoms with Gasteiger partial charge in [-0.3, -0.25) is 0 Å². The molecule has 0 aromatic rings. The van der Waals surface area contributed by atoms with Gasteiger partial charge >= 0.3 is 17.4 Å². The Hall–Kier alpha value is 0.509. The third kappa shape index (κ3) is 22.0. The molecule has 0 N–H and O–H groups in total. The van der Waals surface area contributed by atoms with Crippen LogP contribution in [0.2, 0.25) is 0 Å². The summed E-state index contributed by atoms with van der Waals surface area (Å²) in [5.74, 6) is 0. The van der Waals surface area contributed by atoms with Crippen molar-refractivity contribution >= 4 is 27.5 Å². The normalized spacial score (nSPS) is 1.00. The zero-order valence-corrected chi connectivity index (χ0v) is 4.71. The van der Waals surface area contributed by atoms with Crippen molar-refractivity contribution in [3.63, 3.8) is 0 Å². The van der Waals surface area contributed by atoms with Gasteiger partial charge in [0.1, 0.15) is 0 Å². The van der Waals surface area contributed by atoms with Crippen molar-refractivity contribution in [1.29, 1.82) is 0 Å². The molecule has 0 atom stereocenters. The molecule has 0 spiro atoms. The van der Waals surface area contributed by atoms with Crippen LogP contribution < -0.4 is 0 Å². The average molecular weight is 87.1 g/mol. The summed E-state index contributed by atoms with van der Waals surface area (Å²) in [6, 6.07) is 0. The summed E-state index contributed by atoms with van der Waals surface area (Å²) >= 11 is 0. The quantitative estimate of drug-likeness (QED) is 0.345. The molecule has 0 aromatic carbocycles. The first-order valence-electron chi connectivity index (χ1n) is 0.289. The first kappa shape index (κ1) is 24.4. The summed E-state index contributed by atoms with van der Waals surface area (Å²) < 4.78 is 8.28. The van der Waals surface area contributed by atoms with Crippen LogP contribution in [0.15, 0.2) is 0 Å². The van der Waals surface area contributed by atoms with Gasteiger partial charge in [-0.05, 0) is 0 Å². The summed E-state index contributed by atoms with van der Waals surface area (Å²) in [6.07, 6.45) is 0. The van der Waals surface area contributed by atoms with Crippen LogP contribution in [0.1, 0.15) is 0 Å². The van der Waals surface area contributed by atoms with Gasteiger partial charge in [0, 0.05) is 0 Å². The molecule has 0 aliphatic carbocycles. The predicted octanol–water partition coefficient (Wildman–Crippen LogP) is -1.13. The Morgan fingerprint density at radius 1 is 1.25 bits per heavy atom. The van der Waals surface area contributed by atoms with E-state index in [0.717, 1.165) is 0 Å². The van der Waals surface area contributed by atoms with E-state index in [1.165, 1.54) is 0 Å². The number of rotatable bonds is 0. The van der Waals surface area contributed by atoms with Crippen LogP contribution in [0, 0.1) is 0 Å². The SMILES string of the molecule is O=[SiH2].[Al+3].[N-3]. The van der Waals surface area contributed by atoms with Crippen LogP contribution in [0.4, 0.5) is 0 Å². The smallest absolute Gasteiger partial charge is 3.00 e. The molecular weight excluding hydrogens is 85.1 g/mol. The van der Waals surface area contributed by atoms with Crippen LogP contribution in [0.3, 0.4) is 0 Å². The van der Waals surface area contributed by atoms with Gasteiger partial charge in [0.2, 0.25) is 10.1 Å². The van der Waals surface area contributed by atoms with Gasteiger partial charge < -0.3 is 10.6 Å². The second-order valence-electron chi connectivity index (χ2n) is 0. The minimum Gasteiger partial charge on any atom is -3.00 e. The maximum atomic E-state index is 8.28. The summed E-state index contributed by atoms with van der Waals surface area (Å²) in [7, 11) is 0.611. The number of nitrogens with zero attached hydrogens (tertiary/aromatic N) is 1. The van der Waals surface area contributed by atoms with E-state index in [1.54, 1.807) is 0 Å². The third-order valence-corrected chi connectivity index (χ3v) is 0. The van der Waals surface area contributed by atoms with E-state index in [-0.39, 0.29) is 23.5 Å². The largest absolute Gasteiger partial charge is 3.00 e. The summed E-state index contributed by atoms with van der Waals surface area (Å²) in [6.45, 7) is 0. The van der Waals surface area contributed by atoms with E-state index < -0.39 is 0 Å². The molecule has 4 heavy (non-hydrogen) atoms. The molecule has 0 aliphatic rings.